The Morgan fingerprint density at radius 3 is 3.00 bits per heavy atom. The molecule has 0 unspecified atom stereocenters. The van der Waals surface area contributed by atoms with Crippen molar-refractivity contribution < 1.29 is 9.90 Å². The first-order valence-electron chi connectivity index (χ1n) is 3.11. The molecule has 0 aliphatic carbocycles. The van der Waals surface area contributed by atoms with E-state index in [1.54, 1.807) is 18.3 Å². The highest BCUT2D eigenvalue weighted by Crippen LogP contribution is 2.26. The quantitative estimate of drug-likeness (QED) is 0.662. The minimum Gasteiger partial charge on any atom is -0.549 e. The summed E-state index contributed by atoms with van der Waals surface area (Å²) in [6, 6.07) is 3.80. The Kier molecular flexibility index (Phi) is 2.96. The Hall–Kier alpha value is -0.480. The van der Waals surface area contributed by atoms with Crippen LogP contribution < -0.4 is 5.11 Å². The summed E-state index contributed by atoms with van der Waals surface area (Å²) < 4.78 is 1.02. The SMILES string of the molecule is C[C@@H](Sc1cccs1)C(=O)[O-]. The third kappa shape index (κ3) is 2.55. The maximum absolute atomic E-state index is 10.3. The summed E-state index contributed by atoms with van der Waals surface area (Å²) in [5, 5.41) is 11.8. The molecule has 1 aromatic heterocycles. The summed E-state index contributed by atoms with van der Waals surface area (Å²) in [5.41, 5.74) is 0. The highest BCUT2D eigenvalue weighted by atomic mass is 32.2. The van der Waals surface area contributed by atoms with E-state index in [0.717, 1.165) is 4.21 Å². The molecule has 1 aromatic rings. The van der Waals surface area contributed by atoms with E-state index in [4.69, 9.17) is 0 Å². The van der Waals surface area contributed by atoms with Crippen LogP contribution in [0, 0.1) is 0 Å². The first kappa shape index (κ1) is 8.62. The average molecular weight is 187 g/mol. The van der Waals surface area contributed by atoms with Crippen molar-refractivity contribution in [3.8, 4) is 0 Å². The van der Waals surface area contributed by atoms with Gasteiger partial charge in [0.15, 0.2) is 0 Å². The molecule has 1 heterocycles. The molecule has 0 bridgehead atoms. The number of aliphatic carboxylic acids is 1. The molecule has 11 heavy (non-hydrogen) atoms. The average Bonchev–Trinajstić information content (AvgIpc) is 2.39. The van der Waals surface area contributed by atoms with Crippen molar-refractivity contribution in [3.63, 3.8) is 0 Å². The van der Waals surface area contributed by atoms with Gasteiger partial charge in [0.2, 0.25) is 0 Å². The summed E-state index contributed by atoms with van der Waals surface area (Å²) in [4.78, 5) is 10.3. The van der Waals surface area contributed by atoms with Crippen LogP contribution in [0.1, 0.15) is 6.92 Å². The van der Waals surface area contributed by atoms with Gasteiger partial charge in [0.25, 0.3) is 0 Å². The van der Waals surface area contributed by atoms with Gasteiger partial charge in [-0.15, -0.1) is 23.1 Å². The fraction of sp³-hybridized carbons (Fsp3) is 0.286. The molecule has 0 aromatic carbocycles. The van der Waals surface area contributed by atoms with E-state index in [9.17, 15) is 9.90 Å². The molecule has 1 rings (SSSR count). The van der Waals surface area contributed by atoms with Gasteiger partial charge in [-0.05, 0) is 18.4 Å². The number of carbonyl (C=O) groups is 1. The van der Waals surface area contributed by atoms with E-state index in [-0.39, 0.29) is 0 Å². The van der Waals surface area contributed by atoms with Gasteiger partial charge in [0.05, 0.1) is 10.2 Å². The lowest BCUT2D eigenvalue weighted by Gasteiger charge is -2.09. The van der Waals surface area contributed by atoms with Gasteiger partial charge in [0, 0.05) is 5.25 Å². The Balaban J connectivity index is 2.50. The maximum atomic E-state index is 10.3. The maximum Gasteiger partial charge on any atom is 0.0604 e. The molecular formula is C7H7O2S2-. The van der Waals surface area contributed by atoms with E-state index in [0.29, 0.717) is 0 Å². The minimum atomic E-state index is -1.01. The van der Waals surface area contributed by atoms with E-state index < -0.39 is 11.2 Å². The molecule has 60 valence electrons. The van der Waals surface area contributed by atoms with Gasteiger partial charge in [-0.1, -0.05) is 6.07 Å². The standard InChI is InChI=1S/C7H8O2S2/c1-5(7(8)9)11-6-3-2-4-10-6/h2-5H,1H3,(H,8,9)/p-1/t5-/m1/s1. The lowest BCUT2D eigenvalue weighted by atomic mass is 10.5. The highest BCUT2D eigenvalue weighted by molar-refractivity contribution is 8.02. The molecule has 0 fully saturated rings. The second-order valence-electron chi connectivity index (χ2n) is 2.01. The van der Waals surface area contributed by atoms with E-state index in [1.165, 1.54) is 11.8 Å². The summed E-state index contributed by atoms with van der Waals surface area (Å²) in [6.07, 6.45) is 0. The number of thiophene rings is 1. The second-order valence-corrected chi connectivity index (χ2v) is 4.60. The Bertz CT molecular complexity index is 231. The molecule has 0 aliphatic heterocycles. The van der Waals surface area contributed by atoms with Crippen LogP contribution in [0.25, 0.3) is 0 Å². The topological polar surface area (TPSA) is 40.1 Å². The molecule has 0 saturated heterocycles. The van der Waals surface area contributed by atoms with E-state index in [1.807, 2.05) is 17.5 Å². The third-order valence-electron chi connectivity index (χ3n) is 1.12. The number of hydrogen-bond acceptors (Lipinski definition) is 4. The number of rotatable bonds is 3. The smallest absolute Gasteiger partial charge is 0.0604 e. The normalized spacial score (nSPS) is 12.8. The predicted octanol–water partition coefficient (Wildman–Crippen LogP) is 0.979. The van der Waals surface area contributed by atoms with E-state index >= 15 is 0 Å². The third-order valence-corrected chi connectivity index (χ3v) is 3.27. The Labute approximate surface area is 73.2 Å². The number of carboxylic acids is 1. The molecular weight excluding hydrogens is 180 g/mol. The van der Waals surface area contributed by atoms with Crippen LogP contribution in [0.15, 0.2) is 21.7 Å². The van der Waals surface area contributed by atoms with Crippen LogP contribution in [0.5, 0.6) is 0 Å². The summed E-state index contributed by atoms with van der Waals surface area (Å²) in [7, 11) is 0. The minimum absolute atomic E-state index is 0.464. The second kappa shape index (κ2) is 3.78. The first-order chi connectivity index (χ1) is 5.20. The van der Waals surface area contributed by atoms with Gasteiger partial charge < -0.3 is 9.90 Å². The number of carboxylic acid groups (broad SMARTS) is 1. The van der Waals surface area contributed by atoms with Crippen LogP contribution in [-0.2, 0) is 4.79 Å². The van der Waals surface area contributed by atoms with Crippen LogP contribution in [0.2, 0.25) is 0 Å². The fourth-order valence-electron chi connectivity index (χ4n) is 0.553. The van der Waals surface area contributed by atoms with Gasteiger partial charge in [-0.25, -0.2) is 0 Å². The lowest BCUT2D eigenvalue weighted by molar-refractivity contribution is -0.304. The molecule has 0 spiro atoms. The van der Waals surface area contributed by atoms with Crippen LogP contribution in [0.3, 0.4) is 0 Å². The van der Waals surface area contributed by atoms with Crippen molar-refractivity contribution in [1.82, 2.24) is 0 Å². The van der Waals surface area contributed by atoms with Gasteiger partial charge in [-0.2, -0.15) is 0 Å². The van der Waals surface area contributed by atoms with Gasteiger partial charge in [0.1, 0.15) is 0 Å². The van der Waals surface area contributed by atoms with E-state index in [2.05, 4.69) is 0 Å². The summed E-state index contributed by atoms with van der Waals surface area (Å²) >= 11 is 2.86. The van der Waals surface area contributed by atoms with Gasteiger partial charge >= 0.3 is 0 Å². The molecule has 1 atom stereocenters. The molecule has 0 saturated carbocycles. The zero-order chi connectivity index (χ0) is 8.27. The number of hydrogen-bond donors (Lipinski definition) is 0. The molecule has 2 nitrogen and oxygen atoms in total. The molecule has 0 N–H and O–H groups in total. The van der Waals surface area contributed by atoms with Gasteiger partial charge in [-0.3, -0.25) is 0 Å². The van der Waals surface area contributed by atoms with Crippen molar-refractivity contribution in [3.05, 3.63) is 17.5 Å². The zero-order valence-corrected chi connectivity index (χ0v) is 7.58. The number of carbonyl (C=O) groups excluding carboxylic acids is 1. The highest BCUT2D eigenvalue weighted by Gasteiger charge is 2.04. The zero-order valence-electron chi connectivity index (χ0n) is 5.94. The molecule has 4 heteroatoms. The fourth-order valence-corrected chi connectivity index (χ4v) is 2.43. The summed E-state index contributed by atoms with van der Waals surface area (Å²) in [6.45, 7) is 1.62. The van der Waals surface area contributed by atoms with Crippen LogP contribution >= 0.6 is 23.1 Å². The van der Waals surface area contributed by atoms with Crippen molar-refractivity contribution in [2.75, 3.05) is 0 Å². The monoisotopic (exact) mass is 187 g/mol. The van der Waals surface area contributed by atoms with Crippen molar-refractivity contribution >= 4 is 29.1 Å². The molecule has 0 radical (unpaired) electrons. The van der Waals surface area contributed by atoms with Crippen LogP contribution in [-0.4, -0.2) is 11.2 Å². The number of thioether (sulfide) groups is 1. The Morgan fingerprint density at radius 2 is 2.55 bits per heavy atom. The summed E-state index contributed by atoms with van der Waals surface area (Å²) in [5.74, 6) is -1.01. The first-order valence-corrected chi connectivity index (χ1v) is 4.87. The van der Waals surface area contributed by atoms with Crippen molar-refractivity contribution in [2.24, 2.45) is 0 Å². The van der Waals surface area contributed by atoms with Crippen molar-refractivity contribution in [2.45, 2.75) is 16.4 Å². The largest absolute Gasteiger partial charge is 0.549 e. The van der Waals surface area contributed by atoms with Crippen LogP contribution in [0.4, 0.5) is 0 Å². The van der Waals surface area contributed by atoms with Crippen molar-refractivity contribution in [1.29, 1.82) is 0 Å². The molecule has 0 amide bonds. The Morgan fingerprint density at radius 1 is 1.82 bits per heavy atom. The predicted molar refractivity (Wildman–Crippen MR) is 44.6 cm³/mol. The molecule has 0 aliphatic rings. The lowest BCUT2D eigenvalue weighted by Crippen LogP contribution is -2.31.